The number of hydrogen-bond donors (Lipinski definition) is 1. The zero-order chi connectivity index (χ0) is 15.8. The largest absolute Gasteiger partial charge is 0.369 e. The summed E-state index contributed by atoms with van der Waals surface area (Å²) in [6.07, 6.45) is -0.0373. The Morgan fingerprint density at radius 2 is 2.00 bits per heavy atom. The number of carbonyl (C=O) groups excluding carboxylic acids is 1. The summed E-state index contributed by atoms with van der Waals surface area (Å²) in [6, 6.07) is 4.70. The van der Waals surface area contributed by atoms with E-state index in [2.05, 4.69) is 10.1 Å². The molecule has 0 bridgehead atoms. The van der Waals surface area contributed by atoms with Gasteiger partial charge in [0.1, 0.15) is 5.82 Å². The van der Waals surface area contributed by atoms with Gasteiger partial charge in [-0.25, -0.2) is 14.1 Å². The molecular formula is C15H19FN4O. The van der Waals surface area contributed by atoms with Crippen LogP contribution in [0, 0.1) is 12.7 Å². The third kappa shape index (κ3) is 3.45. The number of aromatic nitrogens is 3. The monoisotopic (exact) mass is 290 g/mol. The van der Waals surface area contributed by atoms with Gasteiger partial charge in [0.05, 0.1) is 12.0 Å². The summed E-state index contributed by atoms with van der Waals surface area (Å²) in [5.74, 6) is 0.0450. The first-order valence-electron chi connectivity index (χ1n) is 6.69. The molecule has 1 heterocycles. The molecule has 0 fully saturated rings. The second-order valence-electron chi connectivity index (χ2n) is 6.09. The molecule has 0 unspecified atom stereocenters. The molecule has 0 radical (unpaired) electrons. The van der Waals surface area contributed by atoms with Gasteiger partial charge in [0.25, 0.3) is 0 Å². The van der Waals surface area contributed by atoms with E-state index in [1.807, 2.05) is 33.8 Å². The Morgan fingerprint density at radius 1 is 1.33 bits per heavy atom. The maximum atomic E-state index is 13.6. The van der Waals surface area contributed by atoms with Gasteiger partial charge >= 0.3 is 0 Å². The molecule has 0 saturated heterocycles. The fourth-order valence-electron chi connectivity index (χ4n) is 2.11. The van der Waals surface area contributed by atoms with Crippen molar-refractivity contribution in [3.8, 4) is 11.4 Å². The third-order valence-corrected chi connectivity index (χ3v) is 2.92. The molecule has 0 aliphatic heterocycles. The van der Waals surface area contributed by atoms with Crippen LogP contribution in [-0.4, -0.2) is 20.7 Å². The van der Waals surface area contributed by atoms with Crippen molar-refractivity contribution in [2.24, 2.45) is 5.73 Å². The number of primary amides is 1. The van der Waals surface area contributed by atoms with Crippen molar-refractivity contribution >= 4 is 5.91 Å². The lowest BCUT2D eigenvalue weighted by Crippen LogP contribution is -2.24. The number of halogens is 1. The Labute approximate surface area is 123 Å². The molecule has 2 N–H and O–H groups in total. The minimum Gasteiger partial charge on any atom is -0.369 e. The van der Waals surface area contributed by atoms with Gasteiger partial charge in [0.15, 0.2) is 11.6 Å². The van der Waals surface area contributed by atoms with Crippen molar-refractivity contribution in [2.45, 2.75) is 39.7 Å². The molecule has 0 spiro atoms. The SMILES string of the molecule is Cc1cc(F)cc(-c2nc(CC(N)=O)nn2C(C)(C)C)c1. The molecule has 21 heavy (non-hydrogen) atoms. The Kier molecular flexibility index (Phi) is 3.80. The van der Waals surface area contributed by atoms with Gasteiger partial charge in [-0.05, 0) is 51.5 Å². The van der Waals surface area contributed by atoms with Crippen molar-refractivity contribution in [3.63, 3.8) is 0 Å². The molecule has 1 amide bonds. The normalized spacial score (nSPS) is 11.7. The van der Waals surface area contributed by atoms with Crippen LogP contribution < -0.4 is 5.73 Å². The van der Waals surface area contributed by atoms with Gasteiger partial charge in [0.2, 0.25) is 5.91 Å². The number of nitrogens with two attached hydrogens (primary N) is 1. The first-order chi connectivity index (χ1) is 9.66. The average molecular weight is 290 g/mol. The Balaban J connectivity index is 2.60. The van der Waals surface area contributed by atoms with E-state index in [1.54, 1.807) is 4.68 Å². The van der Waals surface area contributed by atoms with E-state index >= 15 is 0 Å². The number of rotatable bonds is 3. The van der Waals surface area contributed by atoms with E-state index in [1.165, 1.54) is 12.1 Å². The Hall–Kier alpha value is -2.24. The molecule has 1 aromatic heterocycles. The van der Waals surface area contributed by atoms with Crippen molar-refractivity contribution < 1.29 is 9.18 Å². The summed E-state index contributed by atoms with van der Waals surface area (Å²) >= 11 is 0. The second-order valence-corrected chi connectivity index (χ2v) is 6.09. The number of aryl methyl sites for hydroxylation is 1. The maximum absolute atomic E-state index is 13.6. The lowest BCUT2D eigenvalue weighted by molar-refractivity contribution is -0.117. The van der Waals surface area contributed by atoms with Crippen LogP contribution >= 0.6 is 0 Å². The average Bonchev–Trinajstić information content (AvgIpc) is 2.70. The fraction of sp³-hybridized carbons (Fsp3) is 0.400. The lowest BCUT2D eigenvalue weighted by atomic mass is 10.1. The first kappa shape index (κ1) is 15.2. The summed E-state index contributed by atoms with van der Waals surface area (Å²) in [5, 5.41) is 4.34. The molecule has 5 nitrogen and oxygen atoms in total. The summed E-state index contributed by atoms with van der Waals surface area (Å²) in [4.78, 5) is 15.4. The van der Waals surface area contributed by atoms with E-state index in [0.717, 1.165) is 5.56 Å². The van der Waals surface area contributed by atoms with Gasteiger partial charge in [0, 0.05) is 5.56 Å². The van der Waals surface area contributed by atoms with Crippen molar-refractivity contribution in [3.05, 3.63) is 35.4 Å². The third-order valence-electron chi connectivity index (χ3n) is 2.92. The molecule has 0 aliphatic carbocycles. The molecule has 0 atom stereocenters. The molecule has 0 saturated carbocycles. The van der Waals surface area contributed by atoms with E-state index in [0.29, 0.717) is 17.2 Å². The van der Waals surface area contributed by atoms with Crippen molar-refractivity contribution in [1.29, 1.82) is 0 Å². The highest BCUT2D eigenvalue weighted by atomic mass is 19.1. The van der Waals surface area contributed by atoms with E-state index in [-0.39, 0.29) is 17.8 Å². The summed E-state index contributed by atoms with van der Waals surface area (Å²) in [7, 11) is 0. The standard InChI is InChI=1S/C15H19FN4O/c1-9-5-10(7-11(16)6-9)14-18-13(8-12(17)21)19-20(14)15(2,3)4/h5-7H,8H2,1-4H3,(H2,17,21). The highest BCUT2D eigenvalue weighted by Crippen LogP contribution is 2.25. The second kappa shape index (κ2) is 5.27. The fourth-order valence-corrected chi connectivity index (χ4v) is 2.11. The van der Waals surface area contributed by atoms with E-state index in [4.69, 9.17) is 5.73 Å². The molecular weight excluding hydrogens is 271 g/mol. The van der Waals surface area contributed by atoms with Gasteiger partial charge in [-0.1, -0.05) is 0 Å². The van der Waals surface area contributed by atoms with Crippen molar-refractivity contribution in [1.82, 2.24) is 14.8 Å². The minimum atomic E-state index is -0.497. The predicted molar refractivity (Wildman–Crippen MR) is 78.0 cm³/mol. The van der Waals surface area contributed by atoms with Crippen LogP contribution in [0.2, 0.25) is 0 Å². The minimum absolute atomic E-state index is 0.0373. The van der Waals surface area contributed by atoms with E-state index < -0.39 is 5.91 Å². The smallest absolute Gasteiger partial charge is 0.225 e. The van der Waals surface area contributed by atoms with Crippen LogP contribution in [0.25, 0.3) is 11.4 Å². The zero-order valence-electron chi connectivity index (χ0n) is 12.6. The predicted octanol–water partition coefficient (Wildman–Crippen LogP) is 2.18. The number of benzene rings is 1. The molecule has 2 rings (SSSR count). The molecule has 2 aromatic rings. The lowest BCUT2D eigenvalue weighted by Gasteiger charge is -2.21. The number of carbonyl (C=O) groups is 1. The number of nitrogens with zero attached hydrogens (tertiary/aromatic N) is 3. The van der Waals surface area contributed by atoms with Crippen LogP contribution in [0.4, 0.5) is 4.39 Å². The van der Waals surface area contributed by atoms with Gasteiger partial charge < -0.3 is 5.73 Å². The molecule has 6 heteroatoms. The Bertz CT molecular complexity index is 665. The number of amides is 1. The van der Waals surface area contributed by atoms with Crippen LogP contribution in [0.3, 0.4) is 0 Å². The maximum Gasteiger partial charge on any atom is 0.225 e. The topological polar surface area (TPSA) is 73.8 Å². The summed E-state index contributed by atoms with van der Waals surface area (Å²) < 4.78 is 15.3. The van der Waals surface area contributed by atoms with Crippen LogP contribution in [0.15, 0.2) is 18.2 Å². The quantitative estimate of drug-likeness (QED) is 0.941. The first-order valence-corrected chi connectivity index (χ1v) is 6.69. The highest BCUT2D eigenvalue weighted by Gasteiger charge is 2.23. The highest BCUT2D eigenvalue weighted by molar-refractivity contribution is 5.75. The van der Waals surface area contributed by atoms with Crippen molar-refractivity contribution in [2.75, 3.05) is 0 Å². The van der Waals surface area contributed by atoms with Gasteiger partial charge in [-0.3, -0.25) is 4.79 Å². The van der Waals surface area contributed by atoms with E-state index in [9.17, 15) is 9.18 Å². The molecule has 1 aromatic carbocycles. The van der Waals surface area contributed by atoms with Gasteiger partial charge in [-0.2, -0.15) is 5.10 Å². The number of hydrogen-bond acceptors (Lipinski definition) is 3. The summed E-state index contributed by atoms with van der Waals surface area (Å²) in [5.41, 5.74) is 6.27. The van der Waals surface area contributed by atoms with Crippen LogP contribution in [-0.2, 0) is 16.8 Å². The van der Waals surface area contributed by atoms with Crippen LogP contribution in [0.5, 0.6) is 0 Å². The molecule has 112 valence electrons. The van der Waals surface area contributed by atoms with Crippen LogP contribution in [0.1, 0.15) is 32.2 Å². The molecule has 0 aliphatic rings. The zero-order valence-corrected chi connectivity index (χ0v) is 12.6. The Morgan fingerprint density at radius 3 is 2.52 bits per heavy atom. The summed E-state index contributed by atoms with van der Waals surface area (Å²) in [6.45, 7) is 7.71. The van der Waals surface area contributed by atoms with Gasteiger partial charge in [-0.15, -0.1) is 0 Å².